The van der Waals surface area contributed by atoms with E-state index in [1.807, 2.05) is 67.6 Å². The Bertz CT molecular complexity index is 1070. The van der Waals surface area contributed by atoms with Crippen molar-refractivity contribution in [2.75, 3.05) is 6.61 Å². The summed E-state index contributed by atoms with van der Waals surface area (Å²) in [6, 6.07) is 20.9. The SMILES string of the molecule is CCOc1ccc(C2=CC(c3cc(Br)ccc3O)NC(c3ccccc3Cl)N2)cc1. The van der Waals surface area contributed by atoms with E-state index in [0.29, 0.717) is 11.6 Å². The van der Waals surface area contributed by atoms with Gasteiger partial charge in [0.2, 0.25) is 0 Å². The van der Waals surface area contributed by atoms with Crippen LogP contribution >= 0.6 is 27.5 Å². The van der Waals surface area contributed by atoms with Gasteiger partial charge in [-0.05, 0) is 67.1 Å². The molecular weight excluding hydrogens is 464 g/mol. The zero-order valence-corrected chi connectivity index (χ0v) is 18.7. The number of phenols is 1. The second kappa shape index (κ2) is 9.13. The summed E-state index contributed by atoms with van der Waals surface area (Å²) >= 11 is 9.99. The topological polar surface area (TPSA) is 53.5 Å². The Hall–Kier alpha value is -2.47. The summed E-state index contributed by atoms with van der Waals surface area (Å²) < 4.78 is 6.47. The molecule has 3 aromatic rings. The molecule has 0 saturated carbocycles. The van der Waals surface area contributed by atoms with Gasteiger partial charge >= 0.3 is 0 Å². The first-order valence-corrected chi connectivity index (χ1v) is 10.9. The summed E-state index contributed by atoms with van der Waals surface area (Å²) in [6.45, 7) is 2.59. The summed E-state index contributed by atoms with van der Waals surface area (Å²) in [5, 5.41) is 18.3. The third kappa shape index (κ3) is 4.48. The minimum Gasteiger partial charge on any atom is -0.508 e. The maximum Gasteiger partial charge on any atom is 0.120 e. The van der Waals surface area contributed by atoms with Crippen molar-refractivity contribution in [1.82, 2.24) is 10.6 Å². The highest BCUT2D eigenvalue weighted by molar-refractivity contribution is 9.10. The van der Waals surface area contributed by atoms with E-state index < -0.39 is 0 Å². The molecule has 154 valence electrons. The van der Waals surface area contributed by atoms with Crippen LogP contribution in [-0.4, -0.2) is 11.7 Å². The van der Waals surface area contributed by atoms with Crippen LogP contribution < -0.4 is 15.4 Å². The molecule has 3 aromatic carbocycles. The lowest BCUT2D eigenvalue weighted by Gasteiger charge is -2.33. The van der Waals surface area contributed by atoms with Crippen molar-refractivity contribution in [1.29, 1.82) is 0 Å². The van der Waals surface area contributed by atoms with Crippen molar-refractivity contribution < 1.29 is 9.84 Å². The molecule has 6 heteroatoms. The van der Waals surface area contributed by atoms with E-state index in [1.165, 1.54) is 0 Å². The lowest BCUT2D eigenvalue weighted by atomic mass is 9.98. The molecule has 3 N–H and O–H groups in total. The van der Waals surface area contributed by atoms with Crippen molar-refractivity contribution in [3.05, 3.63) is 99.0 Å². The number of nitrogens with one attached hydrogen (secondary N) is 2. The molecule has 0 aromatic heterocycles. The number of hydrogen-bond donors (Lipinski definition) is 3. The normalized spacial score (nSPS) is 18.4. The van der Waals surface area contributed by atoms with Gasteiger partial charge in [-0.3, -0.25) is 5.32 Å². The van der Waals surface area contributed by atoms with Crippen LogP contribution in [0.25, 0.3) is 5.70 Å². The molecule has 0 amide bonds. The Kier molecular flexibility index (Phi) is 6.32. The first-order chi connectivity index (χ1) is 14.5. The number of benzene rings is 3. The number of aromatic hydroxyl groups is 1. The predicted octanol–water partition coefficient (Wildman–Crippen LogP) is 6.18. The Labute approximate surface area is 189 Å². The number of phenolic OH excluding ortho intramolecular Hbond substituents is 1. The fourth-order valence-corrected chi connectivity index (χ4v) is 4.17. The van der Waals surface area contributed by atoms with E-state index >= 15 is 0 Å². The van der Waals surface area contributed by atoms with Crippen molar-refractivity contribution in [2.24, 2.45) is 0 Å². The third-order valence-corrected chi connectivity index (χ3v) is 5.83. The van der Waals surface area contributed by atoms with Crippen LogP contribution in [0.1, 0.15) is 35.8 Å². The van der Waals surface area contributed by atoms with Gasteiger partial charge in [-0.25, -0.2) is 0 Å². The zero-order chi connectivity index (χ0) is 21.1. The Morgan fingerprint density at radius 1 is 1.03 bits per heavy atom. The van der Waals surface area contributed by atoms with Gasteiger partial charge in [-0.1, -0.05) is 45.7 Å². The Morgan fingerprint density at radius 2 is 1.80 bits per heavy atom. The minimum atomic E-state index is -0.228. The van der Waals surface area contributed by atoms with E-state index in [2.05, 4.69) is 32.6 Å². The van der Waals surface area contributed by atoms with Crippen LogP contribution in [0.5, 0.6) is 11.5 Å². The lowest BCUT2D eigenvalue weighted by molar-refractivity contribution is 0.340. The Morgan fingerprint density at radius 3 is 2.53 bits per heavy atom. The van der Waals surface area contributed by atoms with E-state index in [-0.39, 0.29) is 18.0 Å². The minimum absolute atomic E-state index is 0.216. The highest BCUT2D eigenvalue weighted by Gasteiger charge is 2.27. The standard InChI is InChI=1S/C24H22BrClN2O2/c1-2-30-17-10-7-15(8-11-17)21-14-22(19-13-16(25)9-12-23(19)29)28-24(27-21)18-5-3-4-6-20(18)26/h3-14,22,24,27-29H,2H2,1H3. The van der Waals surface area contributed by atoms with Crippen LogP contribution in [-0.2, 0) is 0 Å². The van der Waals surface area contributed by atoms with Crippen LogP contribution in [0.15, 0.2) is 77.3 Å². The van der Waals surface area contributed by atoms with Crippen molar-refractivity contribution in [2.45, 2.75) is 19.1 Å². The molecule has 2 unspecified atom stereocenters. The van der Waals surface area contributed by atoms with E-state index in [1.54, 1.807) is 6.07 Å². The van der Waals surface area contributed by atoms with Crippen molar-refractivity contribution >= 4 is 33.2 Å². The van der Waals surface area contributed by atoms with Crippen molar-refractivity contribution in [3.8, 4) is 11.5 Å². The second-order valence-corrected chi connectivity index (χ2v) is 8.31. The first-order valence-electron chi connectivity index (χ1n) is 9.75. The van der Waals surface area contributed by atoms with E-state index in [9.17, 15) is 5.11 Å². The molecule has 0 spiro atoms. The molecule has 1 aliphatic rings. The summed E-state index contributed by atoms with van der Waals surface area (Å²) in [5.41, 5.74) is 3.70. The van der Waals surface area contributed by atoms with Gasteiger partial charge in [0.05, 0.1) is 12.6 Å². The van der Waals surface area contributed by atoms with Gasteiger partial charge in [0, 0.05) is 26.3 Å². The van der Waals surface area contributed by atoms with Crippen LogP contribution in [0, 0.1) is 0 Å². The molecule has 4 rings (SSSR count). The van der Waals surface area contributed by atoms with Gasteiger partial charge < -0.3 is 15.2 Å². The summed E-state index contributed by atoms with van der Waals surface area (Å²) in [4.78, 5) is 0. The second-order valence-electron chi connectivity index (χ2n) is 6.98. The number of halogens is 2. The maximum absolute atomic E-state index is 10.5. The quantitative estimate of drug-likeness (QED) is 0.404. The van der Waals surface area contributed by atoms with Gasteiger partial charge in [-0.2, -0.15) is 0 Å². The molecule has 2 atom stereocenters. The third-order valence-electron chi connectivity index (χ3n) is 5.00. The molecule has 0 radical (unpaired) electrons. The average Bonchev–Trinajstić information content (AvgIpc) is 2.76. The number of ether oxygens (including phenoxy) is 1. The first kappa shape index (κ1) is 20.8. The predicted molar refractivity (Wildman–Crippen MR) is 125 cm³/mol. The smallest absolute Gasteiger partial charge is 0.120 e. The van der Waals surface area contributed by atoms with Crippen molar-refractivity contribution in [3.63, 3.8) is 0 Å². The monoisotopic (exact) mass is 484 g/mol. The highest BCUT2D eigenvalue weighted by Crippen LogP contribution is 2.36. The molecule has 0 fully saturated rings. The molecule has 0 bridgehead atoms. The molecule has 4 nitrogen and oxygen atoms in total. The summed E-state index contributed by atoms with van der Waals surface area (Å²) in [6.07, 6.45) is 1.85. The zero-order valence-electron chi connectivity index (χ0n) is 16.4. The van der Waals surface area contributed by atoms with E-state index in [0.717, 1.165) is 32.6 Å². The summed E-state index contributed by atoms with van der Waals surface area (Å²) in [7, 11) is 0. The maximum atomic E-state index is 10.5. The lowest BCUT2D eigenvalue weighted by Crippen LogP contribution is -2.39. The fourth-order valence-electron chi connectivity index (χ4n) is 3.55. The van der Waals surface area contributed by atoms with Crippen LogP contribution in [0.3, 0.4) is 0 Å². The molecule has 30 heavy (non-hydrogen) atoms. The number of hydrogen-bond acceptors (Lipinski definition) is 4. The molecular formula is C24H22BrClN2O2. The van der Waals surface area contributed by atoms with Gasteiger partial charge in [0.15, 0.2) is 0 Å². The van der Waals surface area contributed by atoms with E-state index in [4.69, 9.17) is 16.3 Å². The molecule has 1 heterocycles. The molecule has 0 saturated heterocycles. The average molecular weight is 486 g/mol. The molecule has 1 aliphatic heterocycles. The van der Waals surface area contributed by atoms with Crippen LogP contribution in [0.4, 0.5) is 0 Å². The summed E-state index contributed by atoms with van der Waals surface area (Å²) in [5.74, 6) is 1.07. The largest absolute Gasteiger partial charge is 0.508 e. The van der Waals surface area contributed by atoms with Crippen LogP contribution in [0.2, 0.25) is 5.02 Å². The Balaban J connectivity index is 1.75. The van der Waals surface area contributed by atoms with Gasteiger partial charge in [-0.15, -0.1) is 0 Å². The highest BCUT2D eigenvalue weighted by atomic mass is 79.9. The fraction of sp³-hybridized carbons (Fsp3) is 0.167. The van der Waals surface area contributed by atoms with Gasteiger partial charge in [0.25, 0.3) is 0 Å². The molecule has 0 aliphatic carbocycles. The number of rotatable bonds is 5. The van der Waals surface area contributed by atoms with Gasteiger partial charge in [0.1, 0.15) is 17.7 Å².